The van der Waals surface area contributed by atoms with E-state index < -0.39 is 0 Å². The molecule has 0 aliphatic carbocycles. The molecule has 0 aromatic heterocycles. The normalized spacial score (nSPS) is 18.9. The van der Waals surface area contributed by atoms with Gasteiger partial charge in [0.2, 0.25) is 0 Å². The Labute approximate surface area is 127 Å². The molecule has 1 unspecified atom stereocenters. The number of benzene rings is 1. The van der Waals surface area contributed by atoms with Gasteiger partial charge in [-0.05, 0) is 53.6 Å². The van der Waals surface area contributed by atoms with Crippen molar-refractivity contribution < 1.29 is 9.18 Å². The van der Waals surface area contributed by atoms with Crippen molar-refractivity contribution >= 4 is 21.8 Å². The summed E-state index contributed by atoms with van der Waals surface area (Å²) in [4.78, 5) is 16.7. The molecule has 1 heterocycles. The molecule has 0 bridgehead atoms. The third-order valence-corrected chi connectivity index (χ3v) is 4.60. The van der Waals surface area contributed by atoms with Gasteiger partial charge in [0.25, 0.3) is 5.91 Å². The molecule has 1 aromatic carbocycles. The van der Waals surface area contributed by atoms with Gasteiger partial charge >= 0.3 is 0 Å². The Morgan fingerprint density at radius 3 is 2.75 bits per heavy atom. The second kappa shape index (κ2) is 6.68. The van der Waals surface area contributed by atoms with Gasteiger partial charge in [0.05, 0.1) is 5.56 Å². The van der Waals surface area contributed by atoms with E-state index in [0.717, 1.165) is 32.6 Å². The van der Waals surface area contributed by atoms with Gasteiger partial charge in [0.15, 0.2) is 0 Å². The van der Waals surface area contributed by atoms with Crippen LogP contribution in [0.25, 0.3) is 0 Å². The van der Waals surface area contributed by atoms with Crippen molar-refractivity contribution in [1.29, 1.82) is 0 Å². The number of hydrogen-bond donors (Lipinski definition) is 0. The highest BCUT2D eigenvalue weighted by Crippen LogP contribution is 2.23. The van der Waals surface area contributed by atoms with Crippen molar-refractivity contribution in [3.05, 3.63) is 34.1 Å². The maximum atomic E-state index is 13.1. The molecule has 1 saturated heterocycles. The number of carbonyl (C=O) groups is 1. The van der Waals surface area contributed by atoms with Crippen LogP contribution in [0.2, 0.25) is 0 Å². The number of nitrogens with zero attached hydrogens (tertiary/aromatic N) is 2. The van der Waals surface area contributed by atoms with E-state index in [1.165, 1.54) is 12.1 Å². The van der Waals surface area contributed by atoms with Gasteiger partial charge in [-0.15, -0.1) is 0 Å². The highest BCUT2D eigenvalue weighted by Gasteiger charge is 2.30. The third kappa shape index (κ3) is 3.20. The van der Waals surface area contributed by atoms with Crippen LogP contribution < -0.4 is 0 Å². The van der Waals surface area contributed by atoms with E-state index >= 15 is 0 Å². The summed E-state index contributed by atoms with van der Waals surface area (Å²) in [6.07, 6.45) is 1.01. The predicted octanol–water partition coefficient (Wildman–Crippen LogP) is 3.14. The predicted molar refractivity (Wildman–Crippen MR) is 81.3 cm³/mol. The molecule has 1 aliphatic heterocycles. The highest BCUT2D eigenvalue weighted by atomic mass is 79.9. The van der Waals surface area contributed by atoms with Crippen LogP contribution in [-0.2, 0) is 0 Å². The van der Waals surface area contributed by atoms with Crippen LogP contribution in [0.5, 0.6) is 0 Å². The number of likely N-dealkylation sites (N-methyl/N-ethyl adjacent to an activating group) is 1. The van der Waals surface area contributed by atoms with E-state index in [2.05, 4.69) is 34.7 Å². The Balaban J connectivity index is 2.08. The summed E-state index contributed by atoms with van der Waals surface area (Å²) < 4.78 is 13.6. The van der Waals surface area contributed by atoms with Crippen LogP contribution in [-0.4, -0.2) is 47.9 Å². The fourth-order valence-corrected chi connectivity index (χ4v) is 3.32. The van der Waals surface area contributed by atoms with Crippen LogP contribution in [0.1, 0.15) is 30.6 Å². The zero-order chi connectivity index (χ0) is 14.7. The standard InChI is InChI=1S/C15H20BrFN2O/c1-3-18(4-2)12-7-8-19(10-12)15(20)13-6-5-11(17)9-14(13)16/h5-6,9,12H,3-4,7-8,10H2,1-2H3. The molecule has 1 amide bonds. The number of carbonyl (C=O) groups excluding carboxylic acids is 1. The SMILES string of the molecule is CCN(CC)C1CCN(C(=O)c2ccc(F)cc2Br)C1. The van der Waals surface area contributed by atoms with Gasteiger partial charge in [-0.2, -0.15) is 0 Å². The molecule has 3 nitrogen and oxygen atoms in total. The molecular weight excluding hydrogens is 323 g/mol. The van der Waals surface area contributed by atoms with Gasteiger partial charge < -0.3 is 4.90 Å². The fourth-order valence-electron chi connectivity index (χ4n) is 2.80. The summed E-state index contributed by atoms with van der Waals surface area (Å²) in [6, 6.07) is 4.65. The van der Waals surface area contributed by atoms with Crippen LogP contribution >= 0.6 is 15.9 Å². The Hall–Kier alpha value is -0.940. The van der Waals surface area contributed by atoms with Gasteiger partial charge in [-0.3, -0.25) is 9.69 Å². The van der Waals surface area contributed by atoms with Crippen molar-refractivity contribution in [2.45, 2.75) is 26.3 Å². The maximum Gasteiger partial charge on any atom is 0.255 e. The lowest BCUT2D eigenvalue weighted by atomic mass is 10.2. The van der Waals surface area contributed by atoms with Crippen molar-refractivity contribution in [3.8, 4) is 0 Å². The summed E-state index contributed by atoms with van der Waals surface area (Å²) in [5.41, 5.74) is 0.534. The molecule has 1 atom stereocenters. The first kappa shape index (κ1) is 15.4. The van der Waals surface area contributed by atoms with E-state index in [1.807, 2.05) is 4.90 Å². The molecule has 20 heavy (non-hydrogen) atoms. The lowest BCUT2D eigenvalue weighted by Gasteiger charge is -2.26. The summed E-state index contributed by atoms with van der Waals surface area (Å²) >= 11 is 3.27. The molecule has 0 saturated carbocycles. The summed E-state index contributed by atoms with van der Waals surface area (Å²) in [6.45, 7) is 7.82. The lowest BCUT2D eigenvalue weighted by molar-refractivity contribution is 0.0777. The first-order chi connectivity index (χ1) is 9.56. The zero-order valence-electron chi connectivity index (χ0n) is 11.9. The smallest absolute Gasteiger partial charge is 0.255 e. The monoisotopic (exact) mass is 342 g/mol. The molecule has 5 heteroatoms. The second-order valence-electron chi connectivity index (χ2n) is 5.04. The number of halogens is 2. The van der Waals surface area contributed by atoms with Crippen LogP contribution in [0, 0.1) is 5.82 Å². The van der Waals surface area contributed by atoms with E-state index in [-0.39, 0.29) is 11.7 Å². The molecule has 1 fully saturated rings. The Kier molecular flexibility index (Phi) is 5.16. The molecule has 0 N–H and O–H groups in total. The Morgan fingerprint density at radius 2 is 2.15 bits per heavy atom. The van der Waals surface area contributed by atoms with Crippen LogP contribution in [0.15, 0.2) is 22.7 Å². The minimum absolute atomic E-state index is 0.0217. The topological polar surface area (TPSA) is 23.6 Å². The number of likely N-dealkylation sites (tertiary alicyclic amines) is 1. The first-order valence-electron chi connectivity index (χ1n) is 7.05. The number of amides is 1. The molecular formula is C15H20BrFN2O. The van der Waals surface area contributed by atoms with Gasteiger partial charge in [0, 0.05) is 23.6 Å². The van der Waals surface area contributed by atoms with E-state index in [1.54, 1.807) is 6.07 Å². The molecule has 0 spiro atoms. The molecule has 0 radical (unpaired) electrons. The Morgan fingerprint density at radius 1 is 1.45 bits per heavy atom. The maximum absolute atomic E-state index is 13.1. The van der Waals surface area contributed by atoms with Gasteiger partial charge in [-0.25, -0.2) is 4.39 Å². The van der Waals surface area contributed by atoms with Crippen LogP contribution in [0.4, 0.5) is 4.39 Å². The molecule has 1 aliphatic rings. The Bertz CT molecular complexity index is 491. The highest BCUT2D eigenvalue weighted by molar-refractivity contribution is 9.10. The van der Waals surface area contributed by atoms with Gasteiger partial charge in [-0.1, -0.05) is 13.8 Å². The largest absolute Gasteiger partial charge is 0.337 e. The summed E-state index contributed by atoms with van der Waals surface area (Å²) in [5, 5.41) is 0. The van der Waals surface area contributed by atoms with Crippen molar-refractivity contribution in [2.24, 2.45) is 0 Å². The fraction of sp³-hybridized carbons (Fsp3) is 0.533. The molecule has 110 valence electrons. The van der Waals surface area contributed by atoms with E-state index in [0.29, 0.717) is 16.1 Å². The first-order valence-corrected chi connectivity index (χ1v) is 7.84. The number of hydrogen-bond acceptors (Lipinski definition) is 2. The minimum Gasteiger partial charge on any atom is -0.337 e. The molecule has 1 aromatic rings. The average Bonchev–Trinajstić information content (AvgIpc) is 2.89. The zero-order valence-corrected chi connectivity index (χ0v) is 13.5. The van der Waals surface area contributed by atoms with Crippen molar-refractivity contribution in [1.82, 2.24) is 9.80 Å². The van der Waals surface area contributed by atoms with Crippen molar-refractivity contribution in [2.75, 3.05) is 26.2 Å². The van der Waals surface area contributed by atoms with Gasteiger partial charge in [0.1, 0.15) is 5.82 Å². The summed E-state index contributed by atoms with van der Waals surface area (Å²) in [7, 11) is 0. The number of rotatable bonds is 4. The lowest BCUT2D eigenvalue weighted by Crippen LogP contribution is -2.38. The third-order valence-electron chi connectivity index (χ3n) is 3.94. The average molecular weight is 343 g/mol. The van der Waals surface area contributed by atoms with Crippen molar-refractivity contribution in [3.63, 3.8) is 0 Å². The second-order valence-corrected chi connectivity index (χ2v) is 5.89. The minimum atomic E-state index is -0.337. The molecule has 2 rings (SSSR count). The van der Waals surface area contributed by atoms with E-state index in [9.17, 15) is 9.18 Å². The quantitative estimate of drug-likeness (QED) is 0.839. The van der Waals surface area contributed by atoms with Crippen LogP contribution in [0.3, 0.4) is 0 Å². The van der Waals surface area contributed by atoms with E-state index in [4.69, 9.17) is 0 Å². The summed E-state index contributed by atoms with van der Waals surface area (Å²) in [5.74, 6) is -0.359.